The highest BCUT2D eigenvalue weighted by atomic mass is 79.9. The van der Waals surface area contributed by atoms with Gasteiger partial charge < -0.3 is 15.7 Å². The number of rotatable bonds is 5. The maximum atomic E-state index is 12.4. The zero-order chi connectivity index (χ0) is 13.8. The van der Waals surface area contributed by atoms with Gasteiger partial charge in [-0.3, -0.25) is 0 Å². The van der Waals surface area contributed by atoms with Crippen molar-refractivity contribution >= 4 is 21.6 Å². The molecule has 7 heteroatoms. The van der Waals surface area contributed by atoms with Crippen LogP contribution in [0.1, 0.15) is 5.56 Å². The van der Waals surface area contributed by atoms with Crippen LogP contribution in [0.15, 0.2) is 22.7 Å². The van der Waals surface area contributed by atoms with E-state index in [1.807, 2.05) is 0 Å². The second-order valence-electron chi connectivity index (χ2n) is 3.74. The van der Waals surface area contributed by atoms with Crippen LogP contribution in [0.2, 0.25) is 0 Å². The molecular weight excluding hydrogens is 313 g/mol. The minimum Gasteiger partial charge on any atom is -0.395 e. The molecule has 0 aliphatic carbocycles. The molecule has 3 N–H and O–H groups in total. The molecule has 0 fully saturated rings. The number of halogens is 4. The highest BCUT2D eigenvalue weighted by molar-refractivity contribution is 9.10. The van der Waals surface area contributed by atoms with Crippen LogP contribution < -0.4 is 10.6 Å². The summed E-state index contributed by atoms with van der Waals surface area (Å²) in [5.74, 6) is 0. The molecule has 1 aromatic rings. The van der Waals surface area contributed by atoms with Gasteiger partial charge in [0.25, 0.3) is 0 Å². The van der Waals surface area contributed by atoms with Crippen LogP contribution in [0.25, 0.3) is 0 Å². The highest BCUT2D eigenvalue weighted by Gasteiger charge is 2.30. The van der Waals surface area contributed by atoms with Crippen LogP contribution >= 0.6 is 15.9 Å². The Morgan fingerprint density at radius 3 is 2.44 bits per heavy atom. The summed E-state index contributed by atoms with van der Waals surface area (Å²) in [4.78, 5) is 1.07. The molecule has 0 bridgehead atoms. The Balaban J connectivity index is 2.95. The van der Waals surface area contributed by atoms with Crippen molar-refractivity contribution in [1.82, 2.24) is 0 Å². The van der Waals surface area contributed by atoms with E-state index in [2.05, 4.69) is 15.9 Å². The van der Waals surface area contributed by atoms with Crippen molar-refractivity contribution in [1.29, 1.82) is 0 Å². The Labute approximate surface area is 112 Å². The lowest BCUT2D eigenvalue weighted by atomic mass is 10.2. The van der Waals surface area contributed by atoms with Crippen molar-refractivity contribution in [2.45, 2.75) is 12.7 Å². The fraction of sp³-hybridized carbons (Fsp3) is 0.455. The summed E-state index contributed by atoms with van der Waals surface area (Å²) in [7, 11) is 0. The second kappa shape index (κ2) is 6.40. The fourth-order valence-corrected chi connectivity index (χ4v) is 2.06. The van der Waals surface area contributed by atoms with Crippen LogP contribution in [0.3, 0.4) is 0 Å². The Morgan fingerprint density at radius 2 is 2.00 bits per heavy atom. The number of nitrogens with zero attached hydrogens (tertiary/aromatic N) is 1. The Kier molecular flexibility index (Phi) is 5.43. The molecule has 0 saturated heterocycles. The molecule has 0 saturated carbocycles. The highest BCUT2D eigenvalue weighted by Crippen LogP contribution is 2.26. The van der Waals surface area contributed by atoms with E-state index in [9.17, 15) is 13.2 Å². The molecule has 0 spiro atoms. The van der Waals surface area contributed by atoms with E-state index in [1.165, 1.54) is 0 Å². The second-order valence-corrected chi connectivity index (χ2v) is 4.59. The van der Waals surface area contributed by atoms with Gasteiger partial charge in [-0.2, -0.15) is 13.2 Å². The minimum absolute atomic E-state index is 0.0755. The molecule has 0 atom stereocenters. The van der Waals surface area contributed by atoms with Crippen molar-refractivity contribution in [3.8, 4) is 0 Å². The number of alkyl halides is 3. The van der Waals surface area contributed by atoms with Gasteiger partial charge in [-0.1, -0.05) is 22.0 Å². The van der Waals surface area contributed by atoms with E-state index in [0.29, 0.717) is 16.7 Å². The first kappa shape index (κ1) is 15.3. The molecule has 0 amide bonds. The first-order valence-corrected chi connectivity index (χ1v) is 6.07. The van der Waals surface area contributed by atoms with Gasteiger partial charge in [0.05, 0.1) is 6.61 Å². The number of anilines is 1. The number of hydrogen-bond acceptors (Lipinski definition) is 3. The largest absolute Gasteiger partial charge is 0.405 e. The number of benzene rings is 1. The predicted octanol–water partition coefficient (Wildman–Crippen LogP) is 2.27. The summed E-state index contributed by atoms with van der Waals surface area (Å²) in [6, 6.07) is 4.80. The van der Waals surface area contributed by atoms with Crippen LogP contribution in [-0.2, 0) is 6.54 Å². The zero-order valence-electron chi connectivity index (χ0n) is 9.54. The van der Waals surface area contributed by atoms with E-state index in [-0.39, 0.29) is 13.2 Å². The summed E-state index contributed by atoms with van der Waals surface area (Å²) < 4.78 is 37.9. The fourth-order valence-electron chi connectivity index (χ4n) is 1.54. The monoisotopic (exact) mass is 326 g/mol. The SMILES string of the molecule is NCc1ccc(N(CCO)CC(F)(F)F)cc1Br. The van der Waals surface area contributed by atoms with Gasteiger partial charge in [0, 0.05) is 23.2 Å². The summed E-state index contributed by atoms with van der Waals surface area (Å²) in [6.45, 7) is -1.21. The molecule has 102 valence electrons. The number of nitrogens with two attached hydrogens (primary N) is 1. The van der Waals surface area contributed by atoms with E-state index in [4.69, 9.17) is 10.8 Å². The molecule has 0 aliphatic rings. The van der Waals surface area contributed by atoms with Gasteiger partial charge in [-0.15, -0.1) is 0 Å². The molecule has 0 unspecified atom stereocenters. The molecular formula is C11H14BrF3N2O. The predicted molar refractivity (Wildman–Crippen MR) is 67.4 cm³/mol. The van der Waals surface area contributed by atoms with Crippen molar-refractivity contribution in [3.05, 3.63) is 28.2 Å². The normalized spacial score (nSPS) is 11.7. The maximum Gasteiger partial charge on any atom is 0.405 e. The van der Waals surface area contributed by atoms with Crippen LogP contribution in [0, 0.1) is 0 Å². The Hall–Kier alpha value is -0.790. The summed E-state index contributed by atoms with van der Waals surface area (Å²) >= 11 is 3.26. The summed E-state index contributed by atoms with van der Waals surface area (Å²) in [5, 5.41) is 8.82. The molecule has 3 nitrogen and oxygen atoms in total. The molecule has 0 aromatic heterocycles. The van der Waals surface area contributed by atoms with E-state index in [0.717, 1.165) is 10.5 Å². The van der Waals surface area contributed by atoms with Crippen LogP contribution in [-0.4, -0.2) is 31.0 Å². The van der Waals surface area contributed by atoms with Gasteiger partial charge in [0.15, 0.2) is 0 Å². The maximum absolute atomic E-state index is 12.4. The third-order valence-corrected chi connectivity index (χ3v) is 3.10. The topological polar surface area (TPSA) is 49.5 Å². The van der Waals surface area contributed by atoms with Gasteiger partial charge in [-0.25, -0.2) is 0 Å². The Bertz CT molecular complexity index is 398. The minimum atomic E-state index is -4.31. The molecule has 18 heavy (non-hydrogen) atoms. The van der Waals surface area contributed by atoms with Crippen LogP contribution in [0.4, 0.5) is 18.9 Å². The third kappa shape index (κ3) is 4.47. The number of hydrogen-bond donors (Lipinski definition) is 2. The van der Waals surface area contributed by atoms with Crippen molar-refractivity contribution in [2.75, 3.05) is 24.6 Å². The van der Waals surface area contributed by atoms with Gasteiger partial charge in [0.2, 0.25) is 0 Å². The van der Waals surface area contributed by atoms with Gasteiger partial charge in [-0.05, 0) is 17.7 Å². The molecule has 1 rings (SSSR count). The molecule has 1 aromatic carbocycles. The van der Waals surface area contributed by atoms with Gasteiger partial charge >= 0.3 is 6.18 Å². The van der Waals surface area contributed by atoms with Crippen molar-refractivity contribution in [2.24, 2.45) is 5.73 Å². The molecule has 0 aliphatic heterocycles. The third-order valence-electron chi connectivity index (χ3n) is 2.36. The lowest BCUT2D eigenvalue weighted by molar-refractivity contribution is -0.119. The number of aliphatic hydroxyl groups excluding tert-OH is 1. The standard InChI is InChI=1S/C11H14BrF3N2O/c12-10-5-9(2-1-8(10)6-16)17(3-4-18)7-11(13,14)15/h1-2,5,18H,3-4,6-7,16H2. The quantitative estimate of drug-likeness (QED) is 0.872. The van der Waals surface area contributed by atoms with E-state index < -0.39 is 12.7 Å². The summed E-state index contributed by atoms with van der Waals surface area (Å²) in [6.07, 6.45) is -4.31. The first-order chi connectivity index (χ1) is 8.37. The van der Waals surface area contributed by atoms with Crippen molar-refractivity contribution in [3.63, 3.8) is 0 Å². The molecule has 0 radical (unpaired) electrons. The average molecular weight is 327 g/mol. The summed E-state index contributed by atoms with van der Waals surface area (Å²) in [5.41, 5.74) is 6.68. The van der Waals surface area contributed by atoms with Crippen LogP contribution in [0.5, 0.6) is 0 Å². The van der Waals surface area contributed by atoms with Gasteiger partial charge in [0.1, 0.15) is 6.54 Å². The van der Waals surface area contributed by atoms with E-state index >= 15 is 0 Å². The lowest BCUT2D eigenvalue weighted by Crippen LogP contribution is -2.36. The first-order valence-electron chi connectivity index (χ1n) is 5.28. The lowest BCUT2D eigenvalue weighted by Gasteiger charge is -2.25. The molecule has 0 heterocycles. The number of aliphatic hydroxyl groups is 1. The zero-order valence-corrected chi connectivity index (χ0v) is 11.1. The van der Waals surface area contributed by atoms with Crippen molar-refractivity contribution < 1.29 is 18.3 Å². The van der Waals surface area contributed by atoms with E-state index in [1.54, 1.807) is 18.2 Å². The smallest absolute Gasteiger partial charge is 0.395 e. The Morgan fingerprint density at radius 1 is 1.33 bits per heavy atom. The average Bonchev–Trinajstić information content (AvgIpc) is 2.26.